The van der Waals surface area contributed by atoms with Crippen LogP contribution in [0.15, 0.2) is 23.8 Å². The Balaban J connectivity index is 4.67. The molecule has 0 radical (unpaired) electrons. The SMILES string of the molecule is CC(C=CC=C(C(=O)O)C(=O)O)C(=O)O. The van der Waals surface area contributed by atoms with E-state index in [0.717, 1.165) is 12.2 Å². The Bertz CT molecular complexity index is 323. The van der Waals surface area contributed by atoms with Crippen molar-refractivity contribution in [2.24, 2.45) is 5.92 Å². The predicted octanol–water partition coefficient (Wildman–Crippen LogP) is 0.359. The van der Waals surface area contributed by atoms with Gasteiger partial charge in [0.15, 0.2) is 0 Å². The molecule has 0 heterocycles. The number of carbonyl (C=O) groups is 3. The van der Waals surface area contributed by atoms with Crippen LogP contribution in [0.4, 0.5) is 0 Å². The standard InChI is InChI=1S/C9H10O6/c1-5(7(10)11)3-2-4-6(8(12)13)9(14)15/h2-5H,1H3,(H,10,11)(H,12,13)(H,14,15). The van der Waals surface area contributed by atoms with Crippen LogP contribution in [0.1, 0.15) is 6.92 Å². The minimum atomic E-state index is -1.57. The lowest BCUT2D eigenvalue weighted by Crippen LogP contribution is -2.10. The monoisotopic (exact) mass is 214 g/mol. The average Bonchev–Trinajstić information content (AvgIpc) is 2.10. The summed E-state index contributed by atoms with van der Waals surface area (Å²) in [5, 5.41) is 25.3. The number of hydrogen-bond donors (Lipinski definition) is 3. The van der Waals surface area contributed by atoms with Gasteiger partial charge < -0.3 is 15.3 Å². The van der Waals surface area contributed by atoms with E-state index in [0.29, 0.717) is 0 Å². The molecule has 15 heavy (non-hydrogen) atoms. The fraction of sp³-hybridized carbons (Fsp3) is 0.222. The van der Waals surface area contributed by atoms with Crippen LogP contribution in [0.3, 0.4) is 0 Å². The van der Waals surface area contributed by atoms with Crippen molar-refractivity contribution in [3.63, 3.8) is 0 Å². The summed E-state index contributed by atoms with van der Waals surface area (Å²) in [5.41, 5.74) is -0.816. The topological polar surface area (TPSA) is 112 Å². The Morgan fingerprint density at radius 3 is 1.87 bits per heavy atom. The second kappa shape index (κ2) is 5.58. The number of rotatable bonds is 5. The van der Waals surface area contributed by atoms with Crippen LogP contribution >= 0.6 is 0 Å². The van der Waals surface area contributed by atoms with Gasteiger partial charge in [0.05, 0.1) is 5.92 Å². The lowest BCUT2D eigenvalue weighted by molar-refractivity contribution is -0.141. The highest BCUT2D eigenvalue weighted by Crippen LogP contribution is 2.00. The normalized spacial score (nSPS) is 12.1. The molecule has 0 aromatic rings. The molecule has 0 saturated carbocycles. The fourth-order valence-electron chi connectivity index (χ4n) is 0.635. The summed E-state index contributed by atoms with van der Waals surface area (Å²) in [7, 11) is 0. The summed E-state index contributed by atoms with van der Waals surface area (Å²) in [6.45, 7) is 1.38. The lowest BCUT2D eigenvalue weighted by atomic mass is 10.1. The van der Waals surface area contributed by atoms with Crippen LogP contribution in [0.5, 0.6) is 0 Å². The Morgan fingerprint density at radius 1 is 1.07 bits per heavy atom. The zero-order valence-corrected chi connectivity index (χ0v) is 7.88. The highest BCUT2D eigenvalue weighted by molar-refractivity contribution is 6.12. The van der Waals surface area contributed by atoms with E-state index >= 15 is 0 Å². The van der Waals surface area contributed by atoms with E-state index in [1.807, 2.05) is 0 Å². The first-order chi connectivity index (χ1) is 6.86. The number of allylic oxidation sites excluding steroid dienone is 2. The summed E-state index contributed by atoms with van der Waals surface area (Å²) in [6.07, 6.45) is 3.12. The van der Waals surface area contributed by atoms with Crippen LogP contribution in [0.25, 0.3) is 0 Å². The summed E-state index contributed by atoms with van der Waals surface area (Å²) in [4.78, 5) is 31.0. The molecule has 0 aliphatic rings. The Kier molecular flexibility index (Phi) is 4.80. The minimum absolute atomic E-state index is 0.801. The van der Waals surface area contributed by atoms with Crippen molar-refractivity contribution in [2.45, 2.75) is 6.92 Å². The smallest absolute Gasteiger partial charge is 0.343 e. The minimum Gasteiger partial charge on any atom is -0.481 e. The Labute approximate surface area is 85.1 Å². The zero-order chi connectivity index (χ0) is 12.0. The molecule has 0 aromatic carbocycles. The van der Waals surface area contributed by atoms with E-state index in [2.05, 4.69) is 0 Å². The van der Waals surface area contributed by atoms with Gasteiger partial charge >= 0.3 is 17.9 Å². The molecule has 82 valence electrons. The van der Waals surface area contributed by atoms with Crippen molar-refractivity contribution < 1.29 is 29.7 Å². The van der Waals surface area contributed by atoms with Gasteiger partial charge in [-0.3, -0.25) is 4.79 Å². The first kappa shape index (κ1) is 12.9. The van der Waals surface area contributed by atoms with Crippen LogP contribution < -0.4 is 0 Å². The van der Waals surface area contributed by atoms with Crippen LogP contribution in [0.2, 0.25) is 0 Å². The molecule has 0 fully saturated rings. The number of hydrogen-bond acceptors (Lipinski definition) is 3. The third kappa shape index (κ3) is 4.61. The molecule has 3 N–H and O–H groups in total. The predicted molar refractivity (Wildman–Crippen MR) is 49.3 cm³/mol. The van der Waals surface area contributed by atoms with Crippen molar-refractivity contribution in [1.29, 1.82) is 0 Å². The first-order valence-electron chi connectivity index (χ1n) is 3.94. The van der Waals surface area contributed by atoms with E-state index in [1.54, 1.807) is 0 Å². The molecular formula is C9H10O6. The van der Waals surface area contributed by atoms with Gasteiger partial charge in [0, 0.05) is 0 Å². The van der Waals surface area contributed by atoms with Crippen molar-refractivity contribution in [2.75, 3.05) is 0 Å². The van der Waals surface area contributed by atoms with E-state index in [1.165, 1.54) is 13.0 Å². The largest absolute Gasteiger partial charge is 0.481 e. The summed E-state index contributed by atoms with van der Waals surface area (Å²) >= 11 is 0. The number of aliphatic carboxylic acids is 3. The summed E-state index contributed by atoms with van der Waals surface area (Å²) in [6, 6.07) is 0. The van der Waals surface area contributed by atoms with Gasteiger partial charge in [0.2, 0.25) is 0 Å². The van der Waals surface area contributed by atoms with Gasteiger partial charge in [-0.1, -0.05) is 12.2 Å². The maximum absolute atomic E-state index is 10.4. The summed E-state index contributed by atoms with van der Waals surface area (Å²) < 4.78 is 0. The molecule has 0 rings (SSSR count). The van der Waals surface area contributed by atoms with Crippen molar-refractivity contribution in [3.05, 3.63) is 23.8 Å². The van der Waals surface area contributed by atoms with Crippen molar-refractivity contribution >= 4 is 17.9 Å². The average molecular weight is 214 g/mol. The molecule has 0 aliphatic carbocycles. The zero-order valence-electron chi connectivity index (χ0n) is 7.88. The molecule has 1 unspecified atom stereocenters. The number of carboxylic acids is 3. The lowest BCUT2D eigenvalue weighted by Gasteiger charge is -1.95. The molecule has 0 aromatic heterocycles. The number of carboxylic acid groups (broad SMARTS) is 3. The van der Waals surface area contributed by atoms with Gasteiger partial charge in [0.1, 0.15) is 5.57 Å². The molecule has 0 bridgehead atoms. The molecule has 6 heteroatoms. The van der Waals surface area contributed by atoms with Crippen molar-refractivity contribution in [1.82, 2.24) is 0 Å². The summed E-state index contributed by atoms with van der Waals surface area (Å²) in [5.74, 6) is -5.03. The van der Waals surface area contributed by atoms with Crippen LogP contribution in [-0.4, -0.2) is 33.2 Å². The van der Waals surface area contributed by atoms with Gasteiger partial charge in [-0.25, -0.2) is 9.59 Å². The highest BCUT2D eigenvalue weighted by Gasteiger charge is 2.14. The second-order valence-electron chi connectivity index (χ2n) is 2.70. The molecular weight excluding hydrogens is 204 g/mol. The van der Waals surface area contributed by atoms with E-state index < -0.39 is 29.4 Å². The molecule has 0 amide bonds. The molecule has 6 nitrogen and oxygen atoms in total. The molecule has 0 aliphatic heterocycles. The van der Waals surface area contributed by atoms with E-state index in [9.17, 15) is 14.4 Å². The molecule has 0 saturated heterocycles. The van der Waals surface area contributed by atoms with Gasteiger partial charge in [-0.15, -0.1) is 0 Å². The van der Waals surface area contributed by atoms with Gasteiger partial charge in [-0.2, -0.15) is 0 Å². The van der Waals surface area contributed by atoms with E-state index in [4.69, 9.17) is 15.3 Å². The van der Waals surface area contributed by atoms with Crippen LogP contribution in [-0.2, 0) is 14.4 Å². The van der Waals surface area contributed by atoms with Gasteiger partial charge in [0.25, 0.3) is 0 Å². The maximum atomic E-state index is 10.4. The molecule has 1 atom stereocenters. The van der Waals surface area contributed by atoms with Gasteiger partial charge in [-0.05, 0) is 13.0 Å². The molecule has 0 spiro atoms. The maximum Gasteiger partial charge on any atom is 0.343 e. The third-order valence-corrected chi connectivity index (χ3v) is 1.51. The first-order valence-corrected chi connectivity index (χ1v) is 3.94. The Morgan fingerprint density at radius 2 is 1.53 bits per heavy atom. The second-order valence-corrected chi connectivity index (χ2v) is 2.70. The third-order valence-electron chi connectivity index (χ3n) is 1.51. The van der Waals surface area contributed by atoms with E-state index in [-0.39, 0.29) is 0 Å². The Hall–Kier alpha value is -2.11. The highest BCUT2D eigenvalue weighted by atomic mass is 16.4. The van der Waals surface area contributed by atoms with Crippen molar-refractivity contribution in [3.8, 4) is 0 Å². The van der Waals surface area contributed by atoms with Crippen LogP contribution in [0, 0.1) is 5.92 Å². The quantitative estimate of drug-likeness (QED) is 0.263. The fourth-order valence-corrected chi connectivity index (χ4v) is 0.635.